The summed E-state index contributed by atoms with van der Waals surface area (Å²) in [5, 5.41) is 6.17. The van der Waals surface area contributed by atoms with Crippen molar-refractivity contribution in [3.63, 3.8) is 0 Å². The second-order valence-electron chi connectivity index (χ2n) is 5.64. The van der Waals surface area contributed by atoms with E-state index in [1.165, 1.54) is 0 Å². The van der Waals surface area contributed by atoms with E-state index in [2.05, 4.69) is 10.6 Å². The Bertz CT molecular complexity index is 504. The standard InChI is InChI=1S/C17H25N3O2S/c1-23-12-7-15(17(22)20-10-8-18-9-11-20)19-16(21)13-14-5-3-2-4-6-14/h2-6,15,18H,7-13H2,1H3,(H,19,21). The topological polar surface area (TPSA) is 61.4 Å². The Labute approximate surface area is 142 Å². The van der Waals surface area contributed by atoms with Gasteiger partial charge >= 0.3 is 0 Å². The maximum absolute atomic E-state index is 12.7. The Morgan fingerprint density at radius 3 is 2.61 bits per heavy atom. The number of amides is 2. The van der Waals surface area contributed by atoms with Crippen LogP contribution >= 0.6 is 11.8 Å². The fourth-order valence-electron chi connectivity index (χ4n) is 2.63. The van der Waals surface area contributed by atoms with E-state index < -0.39 is 6.04 Å². The molecule has 1 atom stereocenters. The third-order valence-electron chi connectivity index (χ3n) is 3.88. The quantitative estimate of drug-likeness (QED) is 0.777. The van der Waals surface area contributed by atoms with Gasteiger partial charge in [-0.3, -0.25) is 9.59 Å². The first kappa shape index (κ1) is 17.8. The van der Waals surface area contributed by atoms with E-state index in [9.17, 15) is 9.59 Å². The van der Waals surface area contributed by atoms with Gasteiger partial charge in [-0.2, -0.15) is 11.8 Å². The number of piperazine rings is 1. The van der Waals surface area contributed by atoms with E-state index in [4.69, 9.17) is 0 Å². The molecule has 0 aliphatic carbocycles. The Kier molecular flexibility index (Phi) is 7.42. The molecule has 1 unspecified atom stereocenters. The van der Waals surface area contributed by atoms with Crippen molar-refractivity contribution in [1.29, 1.82) is 0 Å². The molecule has 1 aromatic rings. The van der Waals surface area contributed by atoms with Gasteiger partial charge in [-0.05, 0) is 24.0 Å². The third kappa shape index (κ3) is 5.88. The van der Waals surface area contributed by atoms with Crippen LogP contribution in [0.5, 0.6) is 0 Å². The number of thioether (sulfide) groups is 1. The van der Waals surface area contributed by atoms with Crippen LogP contribution in [-0.4, -0.2) is 60.9 Å². The third-order valence-corrected chi connectivity index (χ3v) is 4.52. The molecule has 2 amide bonds. The van der Waals surface area contributed by atoms with Crippen LogP contribution in [-0.2, 0) is 16.0 Å². The van der Waals surface area contributed by atoms with E-state index in [0.29, 0.717) is 25.9 Å². The van der Waals surface area contributed by atoms with Crippen molar-refractivity contribution in [3.05, 3.63) is 35.9 Å². The first-order valence-corrected chi connectivity index (χ1v) is 9.42. The molecule has 2 N–H and O–H groups in total. The molecule has 0 radical (unpaired) electrons. The average molecular weight is 335 g/mol. The van der Waals surface area contributed by atoms with Crippen LogP contribution < -0.4 is 10.6 Å². The SMILES string of the molecule is CSCCC(NC(=O)Cc1ccccc1)C(=O)N1CCNCC1. The van der Waals surface area contributed by atoms with E-state index in [1.807, 2.05) is 41.5 Å². The van der Waals surface area contributed by atoms with Gasteiger partial charge in [0.15, 0.2) is 0 Å². The minimum atomic E-state index is -0.420. The maximum Gasteiger partial charge on any atom is 0.245 e. The van der Waals surface area contributed by atoms with Crippen molar-refractivity contribution in [2.45, 2.75) is 18.9 Å². The van der Waals surface area contributed by atoms with Crippen LogP contribution in [0, 0.1) is 0 Å². The van der Waals surface area contributed by atoms with E-state index >= 15 is 0 Å². The predicted molar refractivity (Wildman–Crippen MR) is 94.5 cm³/mol. The van der Waals surface area contributed by atoms with Crippen molar-refractivity contribution in [2.24, 2.45) is 0 Å². The Morgan fingerprint density at radius 1 is 1.26 bits per heavy atom. The van der Waals surface area contributed by atoms with Crippen LogP contribution in [0.25, 0.3) is 0 Å². The zero-order valence-electron chi connectivity index (χ0n) is 13.6. The molecule has 0 bridgehead atoms. The number of hydrogen-bond acceptors (Lipinski definition) is 4. The number of nitrogens with zero attached hydrogens (tertiary/aromatic N) is 1. The lowest BCUT2D eigenvalue weighted by Gasteiger charge is -2.31. The number of hydrogen-bond donors (Lipinski definition) is 2. The summed E-state index contributed by atoms with van der Waals surface area (Å²) < 4.78 is 0. The molecular formula is C17H25N3O2S. The van der Waals surface area contributed by atoms with Gasteiger partial charge in [-0.25, -0.2) is 0 Å². The summed E-state index contributed by atoms with van der Waals surface area (Å²) in [5.74, 6) is 0.807. The highest BCUT2D eigenvalue weighted by atomic mass is 32.2. The number of rotatable bonds is 7. The molecule has 0 spiro atoms. The molecule has 5 nitrogen and oxygen atoms in total. The molecule has 0 aromatic heterocycles. The fraction of sp³-hybridized carbons (Fsp3) is 0.529. The van der Waals surface area contributed by atoms with Crippen LogP contribution in [0.15, 0.2) is 30.3 Å². The normalized spacial score (nSPS) is 16.0. The monoisotopic (exact) mass is 335 g/mol. The van der Waals surface area contributed by atoms with E-state index in [0.717, 1.165) is 24.4 Å². The lowest BCUT2D eigenvalue weighted by atomic mass is 10.1. The van der Waals surface area contributed by atoms with Crippen LogP contribution in [0.3, 0.4) is 0 Å². The van der Waals surface area contributed by atoms with Crippen molar-refractivity contribution in [1.82, 2.24) is 15.5 Å². The zero-order valence-corrected chi connectivity index (χ0v) is 14.4. The highest BCUT2D eigenvalue weighted by Crippen LogP contribution is 2.07. The highest BCUT2D eigenvalue weighted by molar-refractivity contribution is 7.98. The second kappa shape index (κ2) is 9.57. The van der Waals surface area contributed by atoms with Crippen molar-refractivity contribution in [2.75, 3.05) is 38.2 Å². The smallest absolute Gasteiger partial charge is 0.245 e. The maximum atomic E-state index is 12.7. The molecule has 23 heavy (non-hydrogen) atoms. The first-order chi connectivity index (χ1) is 11.2. The summed E-state index contributed by atoms with van der Waals surface area (Å²) in [5.41, 5.74) is 0.961. The minimum absolute atomic E-state index is 0.0435. The highest BCUT2D eigenvalue weighted by Gasteiger charge is 2.26. The molecule has 1 aliphatic rings. The summed E-state index contributed by atoms with van der Waals surface area (Å²) in [6.45, 7) is 3.06. The van der Waals surface area contributed by atoms with Crippen molar-refractivity contribution < 1.29 is 9.59 Å². The largest absolute Gasteiger partial charge is 0.344 e. The van der Waals surface area contributed by atoms with Crippen molar-refractivity contribution >= 4 is 23.6 Å². The summed E-state index contributed by atoms with van der Waals surface area (Å²) in [4.78, 5) is 26.8. The molecule has 126 valence electrons. The Morgan fingerprint density at radius 2 is 1.96 bits per heavy atom. The number of nitrogens with one attached hydrogen (secondary N) is 2. The molecule has 6 heteroatoms. The lowest BCUT2D eigenvalue weighted by Crippen LogP contribution is -2.54. The van der Waals surface area contributed by atoms with Gasteiger partial charge in [0.1, 0.15) is 6.04 Å². The van der Waals surface area contributed by atoms with Gasteiger partial charge in [0, 0.05) is 26.2 Å². The molecule has 2 rings (SSSR count). The average Bonchev–Trinajstić information content (AvgIpc) is 2.59. The van der Waals surface area contributed by atoms with E-state index in [1.54, 1.807) is 11.8 Å². The summed E-state index contributed by atoms with van der Waals surface area (Å²) in [6.07, 6.45) is 2.99. The second-order valence-corrected chi connectivity index (χ2v) is 6.62. The number of benzene rings is 1. The van der Waals surface area contributed by atoms with Gasteiger partial charge in [0.05, 0.1) is 6.42 Å². The summed E-state index contributed by atoms with van der Waals surface area (Å²) in [7, 11) is 0. The zero-order chi connectivity index (χ0) is 16.5. The van der Waals surface area contributed by atoms with Gasteiger partial charge in [0.2, 0.25) is 11.8 Å². The number of carbonyl (C=O) groups is 2. The summed E-state index contributed by atoms with van der Waals surface area (Å²) >= 11 is 1.69. The molecule has 1 saturated heterocycles. The first-order valence-electron chi connectivity index (χ1n) is 8.02. The lowest BCUT2D eigenvalue weighted by molar-refractivity contribution is -0.136. The van der Waals surface area contributed by atoms with Crippen LogP contribution in [0.1, 0.15) is 12.0 Å². The minimum Gasteiger partial charge on any atom is -0.344 e. The Balaban J connectivity index is 1.93. The molecule has 1 aromatic carbocycles. The molecule has 1 heterocycles. The predicted octanol–water partition coefficient (Wildman–Crippen LogP) is 0.899. The van der Waals surface area contributed by atoms with Gasteiger partial charge in [-0.15, -0.1) is 0 Å². The van der Waals surface area contributed by atoms with Crippen LogP contribution in [0.4, 0.5) is 0 Å². The molecule has 1 fully saturated rings. The van der Waals surface area contributed by atoms with E-state index in [-0.39, 0.29) is 11.8 Å². The molecule has 1 aliphatic heterocycles. The molecular weight excluding hydrogens is 310 g/mol. The van der Waals surface area contributed by atoms with Crippen LogP contribution in [0.2, 0.25) is 0 Å². The summed E-state index contributed by atoms with van der Waals surface area (Å²) in [6, 6.07) is 9.19. The van der Waals surface area contributed by atoms with Gasteiger partial charge < -0.3 is 15.5 Å². The number of carbonyl (C=O) groups excluding carboxylic acids is 2. The molecule has 0 saturated carbocycles. The fourth-order valence-corrected chi connectivity index (χ4v) is 3.10. The Hall–Kier alpha value is -1.53. The van der Waals surface area contributed by atoms with Crippen molar-refractivity contribution in [3.8, 4) is 0 Å². The van der Waals surface area contributed by atoms with Gasteiger partial charge in [0.25, 0.3) is 0 Å². The van der Waals surface area contributed by atoms with Gasteiger partial charge in [-0.1, -0.05) is 30.3 Å².